The fourth-order valence-corrected chi connectivity index (χ4v) is 2.03. The number of piperidine rings is 1. The van der Waals surface area contributed by atoms with Crippen molar-refractivity contribution in [3.8, 4) is 0 Å². The van der Waals surface area contributed by atoms with Crippen molar-refractivity contribution in [1.82, 2.24) is 4.90 Å². The first kappa shape index (κ1) is 9.89. The van der Waals surface area contributed by atoms with Crippen LogP contribution in [0.1, 0.15) is 12.8 Å². The number of hydrogen-bond acceptors (Lipinski definition) is 4. The van der Waals surface area contributed by atoms with Crippen LogP contribution < -0.4 is 0 Å². The summed E-state index contributed by atoms with van der Waals surface area (Å²) in [6, 6.07) is 0. The van der Waals surface area contributed by atoms with Gasteiger partial charge in [0.25, 0.3) is 0 Å². The zero-order valence-corrected chi connectivity index (χ0v) is 8.27. The number of carbonyl (C=O) groups is 1. The normalized spacial score (nSPS) is 30.9. The van der Waals surface area contributed by atoms with Gasteiger partial charge in [0.1, 0.15) is 6.23 Å². The van der Waals surface area contributed by atoms with Crippen molar-refractivity contribution in [3.05, 3.63) is 0 Å². The molecule has 0 aromatic carbocycles. The van der Waals surface area contributed by atoms with Gasteiger partial charge in [0, 0.05) is 26.5 Å². The van der Waals surface area contributed by atoms with E-state index in [9.17, 15) is 4.79 Å². The van der Waals surface area contributed by atoms with Crippen LogP contribution in [0, 0.1) is 0 Å². The summed E-state index contributed by atoms with van der Waals surface area (Å²) in [5.74, 6) is -0.500. The lowest BCUT2D eigenvalue weighted by atomic mass is 10.0. The molecule has 1 atom stereocenters. The van der Waals surface area contributed by atoms with Gasteiger partial charge in [-0.25, -0.2) is 0 Å². The number of likely N-dealkylation sites (tertiary alicyclic amines) is 1. The van der Waals surface area contributed by atoms with Gasteiger partial charge in [0.2, 0.25) is 6.41 Å². The highest BCUT2D eigenvalue weighted by atomic mass is 16.7. The van der Waals surface area contributed by atoms with Gasteiger partial charge in [-0.1, -0.05) is 0 Å². The minimum absolute atomic E-state index is 0.223. The maximum atomic E-state index is 10.7. The second-order valence-corrected chi connectivity index (χ2v) is 3.60. The Kier molecular flexibility index (Phi) is 2.71. The molecule has 0 aromatic heterocycles. The molecule has 0 radical (unpaired) electrons. The number of hydrogen-bond donors (Lipinski definition) is 0. The van der Waals surface area contributed by atoms with Crippen molar-refractivity contribution in [2.24, 2.45) is 0 Å². The molecular weight excluding hydrogens is 186 g/mol. The van der Waals surface area contributed by atoms with Crippen molar-refractivity contribution >= 4 is 6.41 Å². The predicted molar refractivity (Wildman–Crippen MR) is 47.4 cm³/mol. The van der Waals surface area contributed by atoms with E-state index in [-0.39, 0.29) is 6.23 Å². The van der Waals surface area contributed by atoms with Gasteiger partial charge >= 0.3 is 0 Å². The summed E-state index contributed by atoms with van der Waals surface area (Å²) in [6.45, 7) is 1.90. The molecule has 14 heavy (non-hydrogen) atoms. The molecule has 1 unspecified atom stereocenters. The Morgan fingerprint density at radius 1 is 1.50 bits per heavy atom. The molecule has 0 aromatic rings. The third-order valence-corrected chi connectivity index (χ3v) is 2.83. The highest BCUT2D eigenvalue weighted by Gasteiger charge is 2.44. The molecule has 2 saturated heterocycles. The van der Waals surface area contributed by atoms with E-state index in [1.165, 1.54) is 0 Å². The van der Waals surface area contributed by atoms with Crippen LogP contribution in [0.5, 0.6) is 0 Å². The molecule has 1 amide bonds. The summed E-state index contributed by atoms with van der Waals surface area (Å²) in [5.41, 5.74) is 0. The molecule has 0 saturated carbocycles. The average Bonchev–Trinajstić information content (AvgIpc) is 2.66. The van der Waals surface area contributed by atoms with Crippen LogP contribution in [0.2, 0.25) is 0 Å². The molecule has 1 spiro atoms. The quantitative estimate of drug-likeness (QED) is 0.588. The van der Waals surface area contributed by atoms with Gasteiger partial charge < -0.3 is 19.1 Å². The molecule has 5 heteroatoms. The van der Waals surface area contributed by atoms with Crippen molar-refractivity contribution in [1.29, 1.82) is 0 Å². The summed E-state index contributed by atoms with van der Waals surface area (Å²) in [4.78, 5) is 12.3. The lowest BCUT2D eigenvalue weighted by Crippen LogP contribution is -2.51. The van der Waals surface area contributed by atoms with E-state index in [2.05, 4.69) is 0 Å². The van der Waals surface area contributed by atoms with Gasteiger partial charge in [-0.2, -0.15) is 0 Å². The van der Waals surface area contributed by atoms with E-state index in [4.69, 9.17) is 14.2 Å². The summed E-state index contributed by atoms with van der Waals surface area (Å²) in [6.07, 6.45) is 1.92. The minimum Gasteiger partial charge on any atom is -0.361 e. The minimum atomic E-state index is -0.500. The van der Waals surface area contributed by atoms with Crippen LogP contribution >= 0.6 is 0 Å². The Labute approximate surface area is 82.9 Å². The Hall–Kier alpha value is -0.650. The Balaban J connectivity index is 2.03. The van der Waals surface area contributed by atoms with Gasteiger partial charge in [0.15, 0.2) is 5.79 Å². The van der Waals surface area contributed by atoms with E-state index in [1.807, 2.05) is 0 Å². The number of amides is 1. The first-order valence-electron chi connectivity index (χ1n) is 4.81. The fourth-order valence-electron chi connectivity index (χ4n) is 2.03. The van der Waals surface area contributed by atoms with E-state index in [1.54, 1.807) is 12.0 Å². The molecule has 2 rings (SSSR count). The van der Waals surface area contributed by atoms with E-state index >= 15 is 0 Å². The third-order valence-electron chi connectivity index (χ3n) is 2.83. The first-order valence-corrected chi connectivity index (χ1v) is 4.81. The zero-order chi connectivity index (χ0) is 10.0. The highest BCUT2D eigenvalue weighted by Crippen LogP contribution is 2.34. The molecule has 0 N–H and O–H groups in total. The van der Waals surface area contributed by atoms with Gasteiger partial charge in [-0.05, 0) is 0 Å². The smallest absolute Gasteiger partial charge is 0.211 e. The standard InChI is InChI=1S/C9H15NO4/c1-12-8-6-9(13-4-5-14-9)2-3-10(8)7-11/h7-8H,2-6H2,1H3. The SMILES string of the molecule is COC1CC2(CCN1C=O)OCCO2. The number of nitrogens with zero attached hydrogens (tertiary/aromatic N) is 1. The van der Waals surface area contributed by atoms with E-state index in [0.29, 0.717) is 26.2 Å². The van der Waals surface area contributed by atoms with E-state index < -0.39 is 5.79 Å². The molecule has 2 aliphatic rings. The topological polar surface area (TPSA) is 48.0 Å². The molecule has 80 valence electrons. The van der Waals surface area contributed by atoms with Crippen LogP contribution in [-0.2, 0) is 19.0 Å². The van der Waals surface area contributed by atoms with Gasteiger partial charge in [-0.15, -0.1) is 0 Å². The Bertz CT molecular complexity index is 215. The van der Waals surface area contributed by atoms with Gasteiger partial charge in [-0.3, -0.25) is 4.79 Å². The summed E-state index contributed by atoms with van der Waals surface area (Å²) < 4.78 is 16.3. The van der Waals surface area contributed by atoms with E-state index in [0.717, 1.165) is 12.8 Å². The van der Waals surface area contributed by atoms with Gasteiger partial charge in [0.05, 0.1) is 13.2 Å². The van der Waals surface area contributed by atoms with Crippen molar-refractivity contribution in [2.45, 2.75) is 24.9 Å². The number of rotatable bonds is 2. The van der Waals surface area contributed by atoms with Crippen LogP contribution in [0.3, 0.4) is 0 Å². The second-order valence-electron chi connectivity index (χ2n) is 3.60. The Morgan fingerprint density at radius 3 is 2.79 bits per heavy atom. The predicted octanol–water partition coefficient (Wildman–Crippen LogP) is -0.0458. The van der Waals surface area contributed by atoms with Crippen LogP contribution in [0.4, 0.5) is 0 Å². The van der Waals surface area contributed by atoms with Crippen LogP contribution in [0.25, 0.3) is 0 Å². The molecule has 5 nitrogen and oxygen atoms in total. The summed E-state index contributed by atoms with van der Waals surface area (Å²) in [5, 5.41) is 0. The number of ether oxygens (including phenoxy) is 3. The number of carbonyl (C=O) groups excluding carboxylic acids is 1. The first-order chi connectivity index (χ1) is 6.79. The van der Waals surface area contributed by atoms with Crippen molar-refractivity contribution in [2.75, 3.05) is 26.9 Å². The molecule has 2 fully saturated rings. The largest absolute Gasteiger partial charge is 0.361 e. The zero-order valence-electron chi connectivity index (χ0n) is 8.27. The molecule has 2 aliphatic heterocycles. The lowest BCUT2D eigenvalue weighted by Gasteiger charge is -2.40. The Morgan fingerprint density at radius 2 is 2.21 bits per heavy atom. The maximum Gasteiger partial charge on any atom is 0.211 e. The molecule has 0 bridgehead atoms. The maximum absolute atomic E-state index is 10.7. The monoisotopic (exact) mass is 201 g/mol. The van der Waals surface area contributed by atoms with Crippen molar-refractivity contribution in [3.63, 3.8) is 0 Å². The summed E-state index contributed by atoms with van der Waals surface area (Å²) >= 11 is 0. The van der Waals surface area contributed by atoms with Crippen LogP contribution in [0.15, 0.2) is 0 Å². The molecule has 2 heterocycles. The fraction of sp³-hybridized carbons (Fsp3) is 0.889. The highest BCUT2D eigenvalue weighted by molar-refractivity contribution is 5.47. The third kappa shape index (κ3) is 1.63. The lowest BCUT2D eigenvalue weighted by molar-refractivity contribution is -0.224. The number of methoxy groups -OCH3 is 1. The van der Waals surface area contributed by atoms with Crippen molar-refractivity contribution < 1.29 is 19.0 Å². The van der Waals surface area contributed by atoms with Crippen LogP contribution in [-0.4, -0.2) is 50.2 Å². The average molecular weight is 201 g/mol. The molecular formula is C9H15NO4. The molecule has 0 aliphatic carbocycles. The second kappa shape index (κ2) is 3.84. The summed E-state index contributed by atoms with van der Waals surface area (Å²) in [7, 11) is 1.59.